The van der Waals surface area contributed by atoms with Gasteiger partial charge in [0.15, 0.2) is 6.10 Å². The van der Waals surface area contributed by atoms with E-state index < -0.39 is 18.1 Å². The number of hydrogen-bond donors (Lipinski definition) is 2. The molecule has 18 heavy (non-hydrogen) atoms. The Kier molecular flexibility index (Phi) is 7.20. The minimum absolute atomic E-state index is 0. The highest BCUT2D eigenvalue weighted by atomic mass is 35.5. The van der Waals surface area contributed by atoms with Gasteiger partial charge < -0.3 is 21.1 Å². The van der Waals surface area contributed by atoms with Crippen LogP contribution in [0.5, 0.6) is 0 Å². The van der Waals surface area contributed by atoms with Crippen LogP contribution in [0.25, 0.3) is 0 Å². The Balaban J connectivity index is 0.00000289. The third-order valence-electron chi connectivity index (χ3n) is 2.74. The van der Waals surface area contributed by atoms with Gasteiger partial charge >= 0.3 is 0 Å². The summed E-state index contributed by atoms with van der Waals surface area (Å²) in [5, 5.41) is 0. The van der Waals surface area contributed by atoms with Crippen molar-refractivity contribution in [3.05, 3.63) is 0 Å². The van der Waals surface area contributed by atoms with E-state index in [4.69, 9.17) is 16.2 Å². The second-order valence-electron chi connectivity index (χ2n) is 4.78. The summed E-state index contributed by atoms with van der Waals surface area (Å²) in [6, 6.07) is -0.512. The van der Waals surface area contributed by atoms with Crippen molar-refractivity contribution in [3.63, 3.8) is 0 Å². The van der Waals surface area contributed by atoms with Gasteiger partial charge in [0.25, 0.3) is 0 Å². The number of morpholine rings is 1. The van der Waals surface area contributed by atoms with E-state index in [1.807, 2.05) is 13.8 Å². The zero-order valence-corrected chi connectivity index (χ0v) is 11.6. The Morgan fingerprint density at radius 3 is 2.56 bits per heavy atom. The molecule has 1 saturated heterocycles. The first-order valence-electron chi connectivity index (χ1n) is 5.87. The lowest BCUT2D eigenvalue weighted by molar-refractivity contribution is -0.146. The monoisotopic (exact) mass is 279 g/mol. The number of nitrogens with two attached hydrogens (primary N) is 2. The molecule has 7 heteroatoms. The number of nitrogens with zero attached hydrogens (tertiary/aromatic N) is 1. The first-order chi connectivity index (χ1) is 7.91. The van der Waals surface area contributed by atoms with Crippen molar-refractivity contribution in [1.29, 1.82) is 0 Å². The first kappa shape index (κ1) is 17.2. The van der Waals surface area contributed by atoms with Gasteiger partial charge in [-0.25, -0.2) is 0 Å². The molecule has 2 atom stereocenters. The summed E-state index contributed by atoms with van der Waals surface area (Å²) in [4.78, 5) is 24.6. The molecule has 0 saturated carbocycles. The molecular weight excluding hydrogens is 258 g/mol. The molecule has 0 spiro atoms. The zero-order valence-electron chi connectivity index (χ0n) is 10.8. The lowest BCUT2D eigenvalue weighted by Gasteiger charge is -2.33. The third kappa shape index (κ3) is 4.80. The van der Waals surface area contributed by atoms with E-state index in [9.17, 15) is 9.59 Å². The van der Waals surface area contributed by atoms with Gasteiger partial charge in [0.05, 0.1) is 19.2 Å². The van der Waals surface area contributed by atoms with Crippen LogP contribution in [0.4, 0.5) is 0 Å². The zero-order chi connectivity index (χ0) is 13.0. The number of carbonyl (C=O) groups is 2. The summed E-state index contributed by atoms with van der Waals surface area (Å²) in [6.07, 6.45) is -0.0730. The number of amides is 2. The summed E-state index contributed by atoms with van der Waals surface area (Å²) in [5.41, 5.74) is 11.0. The van der Waals surface area contributed by atoms with E-state index in [1.54, 1.807) is 4.90 Å². The van der Waals surface area contributed by atoms with E-state index in [-0.39, 0.29) is 24.9 Å². The second kappa shape index (κ2) is 7.56. The van der Waals surface area contributed by atoms with Crippen LogP contribution in [0.1, 0.15) is 20.3 Å². The Hall–Kier alpha value is -0.850. The third-order valence-corrected chi connectivity index (χ3v) is 2.74. The summed E-state index contributed by atoms with van der Waals surface area (Å²) >= 11 is 0. The number of hydrogen-bond acceptors (Lipinski definition) is 4. The molecule has 1 aliphatic rings. The van der Waals surface area contributed by atoms with Crippen molar-refractivity contribution in [3.8, 4) is 0 Å². The Bertz CT molecular complexity index is 299. The van der Waals surface area contributed by atoms with Gasteiger partial charge in [0.1, 0.15) is 0 Å². The minimum atomic E-state index is -0.709. The van der Waals surface area contributed by atoms with Crippen molar-refractivity contribution in [1.82, 2.24) is 4.90 Å². The minimum Gasteiger partial charge on any atom is -0.367 e. The molecule has 6 nitrogen and oxygen atoms in total. The molecule has 1 unspecified atom stereocenters. The molecule has 1 aliphatic heterocycles. The van der Waals surface area contributed by atoms with Crippen molar-refractivity contribution in [2.24, 2.45) is 17.4 Å². The standard InChI is InChI=1S/C11H21N3O3.ClH/c1-7(2)5-8(12)11(16)14-3-4-17-9(6-14)10(13)15;/h7-9H,3-6,12H2,1-2H3,(H2,13,15);1H/t8-,9?;/m0./s1. The van der Waals surface area contributed by atoms with Gasteiger partial charge in [-0.1, -0.05) is 13.8 Å². The predicted molar refractivity (Wildman–Crippen MR) is 70.2 cm³/mol. The molecule has 0 radical (unpaired) electrons. The van der Waals surface area contributed by atoms with Crippen molar-refractivity contribution >= 4 is 24.2 Å². The van der Waals surface area contributed by atoms with Gasteiger partial charge in [0.2, 0.25) is 11.8 Å². The number of ether oxygens (including phenoxy) is 1. The highest BCUT2D eigenvalue weighted by Gasteiger charge is 2.30. The van der Waals surface area contributed by atoms with Crippen molar-refractivity contribution in [2.75, 3.05) is 19.7 Å². The van der Waals surface area contributed by atoms with Crippen LogP contribution >= 0.6 is 12.4 Å². The fourth-order valence-corrected chi connectivity index (χ4v) is 1.86. The Labute approximate surface area is 113 Å². The summed E-state index contributed by atoms with van der Waals surface area (Å²) in [7, 11) is 0. The average molecular weight is 280 g/mol. The van der Waals surface area contributed by atoms with E-state index in [0.717, 1.165) is 0 Å². The summed E-state index contributed by atoms with van der Waals surface area (Å²) < 4.78 is 5.17. The second-order valence-corrected chi connectivity index (χ2v) is 4.78. The molecule has 4 N–H and O–H groups in total. The smallest absolute Gasteiger partial charge is 0.248 e. The van der Waals surface area contributed by atoms with Crippen LogP contribution in [0.15, 0.2) is 0 Å². The molecule has 106 valence electrons. The Morgan fingerprint density at radius 1 is 1.44 bits per heavy atom. The first-order valence-corrected chi connectivity index (χ1v) is 5.87. The van der Waals surface area contributed by atoms with Crippen LogP contribution in [-0.4, -0.2) is 48.6 Å². The molecular formula is C11H22ClN3O3. The quantitative estimate of drug-likeness (QED) is 0.724. The van der Waals surface area contributed by atoms with E-state index in [2.05, 4.69) is 0 Å². The van der Waals surface area contributed by atoms with E-state index in [1.165, 1.54) is 0 Å². The molecule has 1 rings (SSSR count). The number of carbonyl (C=O) groups excluding carboxylic acids is 2. The predicted octanol–water partition coefficient (Wildman–Crippen LogP) is -0.506. The van der Waals surface area contributed by atoms with Gasteiger partial charge in [-0.15, -0.1) is 12.4 Å². The molecule has 0 aliphatic carbocycles. The van der Waals surface area contributed by atoms with E-state index in [0.29, 0.717) is 25.5 Å². The maximum absolute atomic E-state index is 12.0. The Morgan fingerprint density at radius 2 is 2.06 bits per heavy atom. The molecule has 0 aromatic rings. The van der Waals surface area contributed by atoms with E-state index >= 15 is 0 Å². The lowest BCUT2D eigenvalue weighted by Crippen LogP contribution is -2.54. The largest absolute Gasteiger partial charge is 0.367 e. The van der Waals surface area contributed by atoms with Gasteiger partial charge in [0, 0.05) is 6.54 Å². The number of rotatable bonds is 4. The van der Waals surface area contributed by atoms with Crippen LogP contribution < -0.4 is 11.5 Å². The maximum Gasteiger partial charge on any atom is 0.248 e. The lowest BCUT2D eigenvalue weighted by atomic mass is 10.0. The normalized spacial score (nSPS) is 21.3. The fraction of sp³-hybridized carbons (Fsp3) is 0.818. The van der Waals surface area contributed by atoms with Crippen LogP contribution in [0.2, 0.25) is 0 Å². The van der Waals surface area contributed by atoms with Crippen molar-refractivity contribution in [2.45, 2.75) is 32.4 Å². The van der Waals surface area contributed by atoms with Crippen molar-refractivity contribution < 1.29 is 14.3 Å². The molecule has 1 fully saturated rings. The fourth-order valence-electron chi connectivity index (χ4n) is 1.86. The molecule has 1 heterocycles. The van der Waals surface area contributed by atoms with Crippen LogP contribution in [-0.2, 0) is 14.3 Å². The van der Waals surface area contributed by atoms with Gasteiger partial charge in [-0.2, -0.15) is 0 Å². The van der Waals surface area contributed by atoms with Crippen LogP contribution in [0.3, 0.4) is 0 Å². The average Bonchev–Trinajstić information content (AvgIpc) is 2.27. The number of halogens is 1. The van der Waals surface area contributed by atoms with Gasteiger partial charge in [-0.05, 0) is 12.3 Å². The highest BCUT2D eigenvalue weighted by Crippen LogP contribution is 2.10. The summed E-state index contributed by atoms with van der Waals surface area (Å²) in [6.45, 7) is 5.03. The highest BCUT2D eigenvalue weighted by molar-refractivity contribution is 5.85. The van der Waals surface area contributed by atoms with Crippen LogP contribution in [0, 0.1) is 5.92 Å². The topological polar surface area (TPSA) is 98.7 Å². The van der Waals surface area contributed by atoms with Gasteiger partial charge in [-0.3, -0.25) is 9.59 Å². The maximum atomic E-state index is 12.0. The molecule has 2 amide bonds. The number of primary amides is 1. The molecule has 0 aromatic heterocycles. The molecule has 0 aromatic carbocycles. The summed E-state index contributed by atoms with van der Waals surface area (Å²) in [5.74, 6) is -0.310. The molecule has 0 bridgehead atoms. The SMILES string of the molecule is CC(C)C[C@H](N)C(=O)N1CCOC(C(N)=O)C1.Cl.